The van der Waals surface area contributed by atoms with Crippen molar-refractivity contribution in [1.82, 2.24) is 10.2 Å². The van der Waals surface area contributed by atoms with Gasteiger partial charge >= 0.3 is 0 Å². The molecule has 31 heavy (non-hydrogen) atoms. The zero-order valence-corrected chi connectivity index (χ0v) is 18.3. The van der Waals surface area contributed by atoms with Gasteiger partial charge in [0.15, 0.2) is 0 Å². The molecule has 2 aliphatic heterocycles. The highest BCUT2D eigenvalue weighted by atomic mass is 32.1. The molecule has 0 radical (unpaired) electrons. The molecule has 0 aliphatic carbocycles. The Morgan fingerprint density at radius 2 is 1.97 bits per heavy atom. The maximum atomic E-state index is 12.3. The number of nitrogens with one attached hydrogen (secondary N) is 1. The molecular formula is C22H29N3O5S. The van der Waals surface area contributed by atoms with Crippen LogP contribution in [0.1, 0.15) is 9.67 Å². The molecule has 9 heteroatoms. The summed E-state index contributed by atoms with van der Waals surface area (Å²) in [7, 11) is 1.67. The van der Waals surface area contributed by atoms with Gasteiger partial charge in [-0.15, -0.1) is 11.3 Å². The number of carbonyl (C=O) groups excluding carboxylic acids is 1. The van der Waals surface area contributed by atoms with E-state index in [2.05, 4.69) is 15.1 Å². The third-order valence-electron chi connectivity index (χ3n) is 6.01. The molecule has 0 spiro atoms. The van der Waals surface area contributed by atoms with Crippen LogP contribution in [0.25, 0.3) is 0 Å². The van der Waals surface area contributed by atoms with Crippen LogP contribution in [0.4, 0.5) is 5.69 Å². The summed E-state index contributed by atoms with van der Waals surface area (Å²) in [5.41, 5.74) is 1.06. The number of thiophene rings is 1. The van der Waals surface area contributed by atoms with Gasteiger partial charge in [0.25, 0.3) is 5.91 Å². The van der Waals surface area contributed by atoms with Crippen molar-refractivity contribution in [2.45, 2.75) is 24.4 Å². The van der Waals surface area contributed by atoms with Crippen molar-refractivity contribution < 1.29 is 24.5 Å². The highest BCUT2D eigenvalue weighted by Gasteiger charge is 2.46. The monoisotopic (exact) mass is 447 g/mol. The van der Waals surface area contributed by atoms with Crippen molar-refractivity contribution in [2.75, 3.05) is 51.3 Å². The number of aliphatic hydroxyl groups is 2. The number of methoxy groups -OCH3 is 1. The summed E-state index contributed by atoms with van der Waals surface area (Å²) < 4.78 is 11.4. The van der Waals surface area contributed by atoms with E-state index in [1.165, 1.54) is 11.3 Å². The Bertz CT molecular complexity index is 857. The van der Waals surface area contributed by atoms with Crippen LogP contribution in [0.15, 0.2) is 41.8 Å². The molecule has 1 amide bonds. The van der Waals surface area contributed by atoms with Crippen LogP contribution in [0.5, 0.6) is 5.75 Å². The first-order chi connectivity index (χ1) is 15.1. The van der Waals surface area contributed by atoms with Gasteiger partial charge in [-0.3, -0.25) is 9.69 Å². The van der Waals surface area contributed by atoms with Crippen LogP contribution in [-0.2, 0) is 4.74 Å². The van der Waals surface area contributed by atoms with Gasteiger partial charge in [-0.05, 0) is 23.6 Å². The maximum Gasteiger partial charge on any atom is 0.261 e. The van der Waals surface area contributed by atoms with E-state index in [1.807, 2.05) is 35.7 Å². The number of amides is 1. The Morgan fingerprint density at radius 3 is 2.65 bits per heavy atom. The Balaban J connectivity index is 1.40. The Hall–Kier alpha value is -2.17. The Labute approximate surface area is 186 Å². The molecule has 8 nitrogen and oxygen atoms in total. The first kappa shape index (κ1) is 22.0. The van der Waals surface area contributed by atoms with E-state index in [0.29, 0.717) is 4.88 Å². The summed E-state index contributed by atoms with van der Waals surface area (Å²) in [4.78, 5) is 17.5. The predicted octanol–water partition coefficient (Wildman–Crippen LogP) is 0.798. The topological polar surface area (TPSA) is 94.5 Å². The van der Waals surface area contributed by atoms with E-state index in [9.17, 15) is 15.0 Å². The van der Waals surface area contributed by atoms with Crippen molar-refractivity contribution >= 4 is 22.9 Å². The standard InChI is InChI=1S/C22H29N3O5S/c1-29-16-6-3-2-5-15(16)24-8-10-25(11-9-24)20-17(30-18(14-26)21(20)27)13-23-22(28)19-7-4-12-31-19/h2-7,12,17-18,20-21,26-27H,8-11,13-14H2,1H3,(H,23,28)/t17-,18+,20-,21-/m1/s1. The van der Waals surface area contributed by atoms with Crippen molar-refractivity contribution in [3.05, 3.63) is 46.7 Å². The van der Waals surface area contributed by atoms with E-state index in [-0.39, 0.29) is 25.1 Å². The Morgan fingerprint density at radius 1 is 1.19 bits per heavy atom. The lowest BCUT2D eigenvalue weighted by molar-refractivity contribution is -0.0209. The second-order valence-corrected chi connectivity index (χ2v) is 8.71. The molecule has 168 valence electrons. The third kappa shape index (κ3) is 4.70. The van der Waals surface area contributed by atoms with Gasteiger partial charge in [0.2, 0.25) is 0 Å². The number of benzene rings is 1. The molecule has 0 saturated carbocycles. The minimum Gasteiger partial charge on any atom is -0.495 e. The SMILES string of the molecule is COc1ccccc1N1CCN([C@H]2[C@H](O)[C@H](CO)O[C@@H]2CNC(=O)c2cccs2)CC1. The number of carbonyl (C=O) groups is 1. The van der Waals surface area contributed by atoms with Crippen LogP contribution >= 0.6 is 11.3 Å². The number of piperazine rings is 1. The quantitative estimate of drug-likeness (QED) is 0.578. The van der Waals surface area contributed by atoms with Gasteiger partial charge in [0, 0.05) is 32.7 Å². The average Bonchev–Trinajstić information content (AvgIpc) is 3.46. The van der Waals surface area contributed by atoms with Crippen molar-refractivity contribution in [3.63, 3.8) is 0 Å². The number of hydrogen-bond donors (Lipinski definition) is 3. The third-order valence-corrected chi connectivity index (χ3v) is 6.88. The van der Waals surface area contributed by atoms with Gasteiger partial charge in [-0.1, -0.05) is 18.2 Å². The van der Waals surface area contributed by atoms with Crippen molar-refractivity contribution in [1.29, 1.82) is 0 Å². The van der Waals surface area contributed by atoms with Crippen LogP contribution in [0, 0.1) is 0 Å². The molecule has 2 aromatic rings. The summed E-state index contributed by atoms with van der Waals surface area (Å²) >= 11 is 1.38. The number of hydrogen-bond acceptors (Lipinski definition) is 8. The molecule has 2 fully saturated rings. The highest BCUT2D eigenvalue weighted by molar-refractivity contribution is 7.12. The summed E-state index contributed by atoms with van der Waals surface area (Å²) in [5, 5.41) is 25.2. The smallest absolute Gasteiger partial charge is 0.261 e. The molecule has 0 unspecified atom stereocenters. The zero-order valence-electron chi connectivity index (χ0n) is 17.5. The number of rotatable bonds is 7. The number of ether oxygens (including phenoxy) is 2. The highest BCUT2D eigenvalue weighted by Crippen LogP contribution is 2.31. The number of anilines is 1. The molecule has 2 aliphatic rings. The average molecular weight is 448 g/mol. The zero-order chi connectivity index (χ0) is 21.8. The molecule has 0 bridgehead atoms. The van der Waals surface area contributed by atoms with Gasteiger partial charge in [0.1, 0.15) is 18.0 Å². The lowest BCUT2D eigenvalue weighted by Crippen LogP contribution is -2.57. The van der Waals surface area contributed by atoms with Crippen LogP contribution in [0.2, 0.25) is 0 Å². The predicted molar refractivity (Wildman–Crippen MR) is 119 cm³/mol. The first-order valence-electron chi connectivity index (χ1n) is 10.5. The maximum absolute atomic E-state index is 12.3. The molecule has 3 N–H and O–H groups in total. The lowest BCUT2D eigenvalue weighted by atomic mass is 10.0. The van der Waals surface area contributed by atoms with Crippen LogP contribution in [0.3, 0.4) is 0 Å². The van der Waals surface area contributed by atoms with E-state index in [1.54, 1.807) is 13.2 Å². The molecule has 2 saturated heterocycles. The van der Waals surface area contributed by atoms with Crippen LogP contribution in [-0.4, -0.2) is 91.8 Å². The minimum atomic E-state index is -0.813. The fourth-order valence-corrected chi connectivity index (χ4v) is 5.08. The second kappa shape index (κ2) is 9.97. The molecule has 3 heterocycles. The van der Waals surface area contributed by atoms with Gasteiger partial charge < -0.3 is 29.9 Å². The molecular weight excluding hydrogens is 418 g/mol. The number of aliphatic hydroxyl groups excluding tert-OH is 2. The first-order valence-corrected chi connectivity index (χ1v) is 11.4. The van der Waals surface area contributed by atoms with E-state index < -0.39 is 18.3 Å². The van der Waals surface area contributed by atoms with E-state index in [0.717, 1.165) is 37.6 Å². The summed E-state index contributed by atoms with van der Waals surface area (Å²) in [6.45, 7) is 3.05. The molecule has 4 atom stereocenters. The fourth-order valence-electron chi connectivity index (χ4n) is 4.44. The van der Waals surface area contributed by atoms with Crippen LogP contribution < -0.4 is 15.0 Å². The lowest BCUT2D eigenvalue weighted by Gasteiger charge is -2.41. The number of para-hydroxylation sites is 2. The molecule has 4 rings (SSSR count). The fraction of sp³-hybridized carbons (Fsp3) is 0.500. The molecule has 1 aromatic heterocycles. The Kier molecular flexibility index (Phi) is 7.09. The second-order valence-electron chi connectivity index (χ2n) is 7.76. The van der Waals surface area contributed by atoms with Crippen molar-refractivity contribution in [3.8, 4) is 5.75 Å². The summed E-state index contributed by atoms with van der Waals surface area (Å²) in [6.07, 6.45) is -1.86. The number of nitrogens with zero attached hydrogens (tertiary/aromatic N) is 2. The van der Waals surface area contributed by atoms with E-state index in [4.69, 9.17) is 9.47 Å². The summed E-state index contributed by atoms with van der Waals surface area (Å²) in [5.74, 6) is 0.690. The largest absolute Gasteiger partial charge is 0.495 e. The minimum absolute atomic E-state index is 0.153. The summed E-state index contributed by atoms with van der Waals surface area (Å²) in [6, 6.07) is 11.3. The van der Waals surface area contributed by atoms with Gasteiger partial charge in [0.05, 0.1) is 36.4 Å². The van der Waals surface area contributed by atoms with Gasteiger partial charge in [-0.25, -0.2) is 0 Å². The van der Waals surface area contributed by atoms with Gasteiger partial charge in [-0.2, -0.15) is 0 Å². The molecule has 1 aromatic carbocycles. The van der Waals surface area contributed by atoms with Crippen molar-refractivity contribution in [2.24, 2.45) is 0 Å². The van der Waals surface area contributed by atoms with E-state index >= 15 is 0 Å². The normalized spacial score (nSPS) is 26.7.